The number of carboxylic acid groups (broad SMARTS) is 1. The summed E-state index contributed by atoms with van der Waals surface area (Å²) in [5.41, 5.74) is 4.01. The predicted octanol–water partition coefficient (Wildman–Crippen LogP) is 3.22. The molecule has 1 aliphatic carbocycles. The maximum Gasteiger partial charge on any atom is 0.341 e. The highest BCUT2D eigenvalue weighted by Crippen LogP contribution is 2.43. The van der Waals surface area contributed by atoms with E-state index in [2.05, 4.69) is 4.72 Å². The van der Waals surface area contributed by atoms with E-state index in [1.165, 1.54) is 10.5 Å². The van der Waals surface area contributed by atoms with Crippen LogP contribution in [0.15, 0.2) is 47.4 Å². The smallest absolute Gasteiger partial charge is 0.341 e. The fraction of sp³-hybridized carbons (Fsp3) is 0.238. The number of fused-ring (bicyclic) bond motifs is 1. The van der Waals surface area contributed by atoms with Crippen molar-refractivity contribution < 1.29 is 18.3 Å². The van der Waals surface area contributed by atoms with E-state index < -0.39 is 21.6 Å². The van der Waals surface area contributed by atoms with Crippen LogP contribution in [-0.2, 0) is 10.0 Å². The fourth-order valence-corrected chi connectivity index (χ4v) is 4.26. The van der Waals surface area contributed by atoms with Gasteiger partial charge in [-0.3, -0.25) is 13.9 Å². The Labute approximate surface area is 167 Å². The Morgan fingerprint density at radius 3 is 2.38 bits per heavy atom. The average Bonchev–Trinajstić information content (AvgIpc) is 3.47. The second kappa shape index (κ2) is 6.73. The zero-order chi connectivity index (χ0) is 20.9. The van der Waals surface area contributed by atoms with Gasteiger partial charge in [0.15, 0.2) is 0 Å². The highest BCUT2D eigenvalue weighted by atomic mass is 32.2. The van der Waals surface area contributed by atoms with E-state index in [1.54, 1.807) is 24.4 Å². The van der Waals surface area contributed by atoms with Crippen molar-refractivity contribution in [3.8, 4) is 11.1 Å². The van der Waals surface area contributed by atoms with Gasteiger partial charge in [-0.05, 0) is 72.2 Å². The minimum absolute atomic E-state index is 0.215. The maximum absolute atomic E-state index is 12.7. The molecule has 0 saturated heterocycles. The molecule has 0 aliphatic heterocycles. The first-order valence-corrected chi connectivity index (χ1v) is 11.1. The summed E-state index contributed by atoms with van der Waals surface area (Å²) in [6, 6.07) is 10.3. The van der Waals surface area contributed by atoms with E-state index >= 15 is 0 Å². The molecule has 1 aromatic carbocycles. The van der Waals surface area contributed by atoms with Crippen LogP contribution in [0, 0.1) is 6.92 Å². The number of nitrogens with zero attached hydrogens (tertiary/aromatic N) is 1. The van der Waals surface area contributed by atoms with Gasteiger partial charge in [-0.1, -0.05) is 12.1 Å². The Bertz CT molecular complexity index is 1300. The Balaban J connectivity index is 1.88. The molecule has 0 radical (unpaired) electrons. The normalized spacial score (nSPS) is 14.1. The number of benzene rings is 1. The molecule has 150 valence electrons. The van der Waals surface area contributed by atoms with Crippen molar-refractivity contribution in [3.63, 3.8) is 0 Å². The Kier molecular flexibility index (Phi) is 4.46. The quantitative estimate of drug-likeness (QED) is 0.669. The summed E-state index contributed by atoms with van der Waals surface area (Å²) >= 11 is 0. The van der Waals surface area contributed by atoms with Crippen molar-refractivity contribution in [2.75, 3.05) is 11.0 Å². The first kappa shape index (κ1) is 19.2. The molecule has 3 aromatic rings. The first-order chi connectivity index (χ1) is 13.7. The van der Waals surface area contributed by atoms with Crippen molar-refractivity contribution in [1.29, 1.82) is 0 Å². The molecule has 2 N–H and O–H groups in total. The van der Waals surface area contributed by atoms with E-state index in [4.69, 9.17) is 0 Å². The lowest BCUT2D eigenvalue weighted by Gasteiger charge is -2.15. The summed E-state index contributed by atoms with van der Waals surface area (Å²) in [4.78, 5) is 24.2. The topological polar surface area (TPSA) is 105 Å². The fourth-order valence-electron chi connectivity index (χ4n) is 3.70. The summed E-state index contributed by atoms with van der Waals surface area (Å²) in [7, 11) is -3.35. The molecule has 1 fully saturated rings. The van der Waals surface area contributed by atoms with Crippen molar-refractivity contribution in [3.05, 3.63) is 69.6 Å². The molecule has 7 nitrogen and oxygen atoms in total. The molecule has 0 atom stereocenters. The molecule has 8 heteroatoms. The Morgan fingerprint density at radius 2 is 1.83 bits per heavy atom. The number of carboxylic acids is 1. The van der Waals surface area contributed by atoms with Gasteiger partial charge in [0.25, 0.3) is 5.56 Å². The van der Waals surface area contributed by atoms with Crippen LogP contribution in [0.5, 0.6) is 0 Å². The number of hydrogen-bond donors (Lipinski definition) is 2. The van der Waals surface area contributed by atoms with Gasteiger partial charge in [-0.15, -0.1) is 0 Å². The summed E-state index contributed by atoms with van der Waals surface area (Å²) in [6.07, 6.45) is 4.66. The first-order valence-electron chi connectivity index (χ1n) is 9.16. The van der Waals surface area contributed by atoms with Crippen LogP contribution in [0.4, 0.5) is 5.69 Å². The third-order valence-corrected chi connectivity index (χ3v) is 5.77. The van der Waals surface area contributed by atoms with Crippen LogP contribution in [0.1, 0.15) is 40.2 Å². The number of anilines is 1. The van der Waals surface area contributed by atoms with Crippen LogP contribution in [-0.4, -0.2) is 30.2 Å². The number of sulfonamides is 1. The molecule has 29 heavy (non-hydrogen) atoms. The number of nitrogens with one attached hydrogen (secondary N) is 1. The van der Waals surface area contributed by atoms with Crippen LogP contribution >= 0.6 is 0 Å². The van der Waals surface area contributed by atoms with Crippen molar-refractivity contribution in [2.45, 2.75) is 25.7 Å². The average molecular weight is 412 g/mol. The minimum atomic E-state index is -3.35. The molecule has 1 saturated carbocycles. The number of rotatable bonds is 5. The van der Waals surface area contributed by atoms with Crippen LogP contribution < -0.4 is 10.3 Å². The van der Waals surface area contributed by atoms with Gasteiger partial charge in [0.05, 0.1) is 11.8 Å². The number of carbonyl (C=O) groups is 1. The van der Waals surface area contributed by atoms with Gasteiger partial charge in [-0.25, -0.2) is 13.2 Å². The number of aryl methyl sites for hydroxylation is 1. The maximum atomic E-state index is 12.7. The number of aromatic nitrogens is 1. The van der Waals surface area contributed by atoms with Crippen LogP contribution in [0.2, 0.25) is 0 Å². The van der Waals surface area contributed by atoms with E-state index in [0.717, 1.165) is 46.9 Å². The third-order valence-electron chi connectivity index (χ3n) is 5.16. The predicted molar refractivity (Wildman–Crippen MR) is 111 cm³/mol. The van der Waals surface area contributed by atoms with Gasteiger partial charge < -0.3 is 5.11 Å². The standard InChI is InChI=1S/C21H20N2O5S/c1-12-16(13-5-7-15(8-6-13)22-29(2,27)28)9-10-23-19(12)17(14-3-4-14)11-18(20(23)24)21(25)26/h5-11,14,22H,3-4H2,1-2H3,(H,25,26). The van der Waals surface area contributed by atoms with E-state index in [9.17, 15) is 23.1 Å². The van der Waals surface area contributed by atoms with Crippen molar-refractivity contribution in [2.24, 2.45) is 0 Å². The summed E-state index contributed by atoms with van der Waals surface area (Å²) < 4.78 is 26.6. The number of pyridine rings is 2. The van der Waals surface area contributed by atoms with E-state index in [-0.39, 0.29) is 11.5 Å². The van der Waals surface area contributed by atoms with Crippen LogP contribution in [0.25, 0.3) is 16.6 Å². The zero-order valence-electron chi connectivity index (χ0n) is 16.0. The van der Waals surface area contributed by atoms with Gasteiger partial charge in [-0.2, -0.15) is 0 Å². The van der Waals surface area contributed by atoms with Gasteiger partial charge in [0.2, 0.25) is 10.0 Å². The van der Waals surface area contributed by atoms with Crippen molar-refractivity contribution in [1.82, 2.24) is 4.40 Å². The van der Waals surface area contributed by atoms with E-state index in [1.807, 2.05) is 19.1 Å². The molecular formula is C21H20N2O5S. The third kappa shape index (κ3) is 3.63. The van der Waals surface area contributed by atoms with E-state index in [0.29, 0.717) is 5.69 Å². The number of aromatic carboxylic acids is 1. The lowest BCUT2D eigenvalue weighted by molar-refractivity contribution is 0.0694. The second-order valence-electron chi connectivity index (χ2n) is 7.42. The number of hydrogen-bond acceptors (Lipinski definition) is 4. The Hall–Kier alpha value is -3.13. The highest BCUT2D eigenvalue weighted by molar-refractivity contribution is 7.92. The lowest BCUT2D eigenvalue weighted by Crippen LogP contribution is -2.23. The monoisotopic (exact) mass is 412 g/mol. The molecule has 0 amide bonds. The SMILES string of the molecule is Cc1c(-c2ccc(NS(C)(=O)=O)cc2)ccn2c(=O)c(C(=O)O)cc(C3CC3)c12. The molecule has 1 aliphatic rings. The molecule has 0 unspecified atom stereocenters. The molecule has 0 bridgehead atoms. The molecule has 2 heterocycles. The van der Waals surface area contributed by atoms with Gasteiger partial charge >= 0.3 is 5.97 Å². The zero-order valence-corrected chi connectivity index (χ0v) is 16.8. The molecule has 2 aromatic heterocycles. The van der Waals surface area contributed by atoms with Crippen molar-refractivity contribution >= 4 is 27.2 Å². The van der Waals surface area contributed by atoms with Gasteiger partial charge in [0.1, 0.15) is 5.56 Å². The lowest BCUT2D eigenvalue weighted by atomic mass is 9.96. The second-order valence-corrected chi connectivity index (χ2v) is 9.17. The molecule has 4 rings (SSSR count). The summed E-state index contributed by atoms with van der Waals surface area (Å²) in [6.45, 7) is 1.92. The molecule has 0 spiro atoms. The summed E-state index contributed by atoms with van der Waals surface area (Å²) in [5, 5.41) is 9.40. The minimum Gasteiger partial charge on any atom is -0.477 e. The largest absolute Gasteiger partial charge is 0.477 e. The van der Waals surface area contributed by atoms with Gasteiger partial charge in [0, 0.05) is 11.9 Å². The summed E-state index contributed by atoms with van der Waals surface area (Å²) in [5.74, 6) is -0.957. The van der Waals surface area contributed by atoms with Crippen LogP contribution in [0.3, 0.4) is 0 Å². The Morgan fingerprint density at radius 1 is 1.17 bits per heavy atom. The highest BCUT2D eigenvalue weighted by Gasteiger charge is 2.29. The molecular weight excluding hydrogens is 392 g/mol.